The topological polar surface area (TPSA) is 17.1 Å². The van der Waals surface area contributed by atoms with Crippen molar-refractivity contribution in [3.63, 3.8) is 0 Å². The molecule has 0 aromatic rings. The zero-order chi connectivity index (χ0) is 27.6. The number of ketones is 1. The van der Waals surface area contributed by atoms with Crippen molar-refractivity contribution >= 4 is 5.78 Å². The fourth-order valence-corrected chi connectivity index (χ4v) is 4.55. The number of carbonyl (C=O) groups excluding carboxylic acids is 1. The quantitative estimate of drug-likeness (QED) is 0.0702. The van der Waals surface area contributed by atoms with Crippen molar-refractivity contribution in [3.8, 4) is 0 Å². The largest absolute Gasteiger partial charge is 0.300 e. The fraction of sp³-hybridized carbons (Fsp3) is 0.703. The molecule has 1 nitrogen and oxygen atoms in total. The fourth-order valence-electron chi connectivity index (χ4n) is 4.55. The zero-order valence-corrected chi connectivity index (χ0v) is 25.7. The van der Waals surface area contributed by atoms with E-state index >= 15 is 0 Å². The van der Waals surface area contributed by atoms with E-state index in [0.717, 1.165) is 51.4 Å². The normalized spacial score (nSPS) is 12.5. The molecular weight excluding hydrogens is 460 g/mol. The summed E-state index contributed by atoms with van der Waals surface area (Å²) in [7, 11) is 0. The first-order chi connectivity index (χ1) is 18.8. The van der Waals surface area contributed by atoms with Gasteiger partial charge >= 0.3 is 0 Å². The van der Waals surface area contributed by atoms with Crippen molar-refractivity contribution in [2.24, 2.45) is 0 Å². The number of unbranched alkanes of at least 4 members (excludes halogenated alkanes) is 15. The van der Waals surface area contributed by atoms with Crippen molar-refractivity contribution in [2.45, 2.75) is 168 Å². The second-order valence-corrected chi connectivity index (χ2v) is 10.8. The molecule has 0 aliphatic heterocycles. The molecule has 0 N–H and O–H groups in total. The molecule has 0 aromatic carbocycles. The van der Waals surface area contributed by atoms with Gasteiger partial charge in [0.2, 0.25) is 0 Å². The molecule has 0 fully saturated rings. The van der Waals surface area contributed by atoms with Gasteiger partial charge in [0.25, 0.3) is 0 Å². The summed E-state index contributed by atoms with van der Waals surface area (Å²) in [5, 5.41) is 0. The Kier molecular flexibility index (Phi) is 32.0. The van der Waals surface area contributed by atoms with Crippen molar-refractivity contribution < 1.29 is 4.79 Å². The minimum Gasteiger partial charge on any atom is -0.300 e. The summed E-state index contributed by atoms with van der Waals surface area (Å²) >= 11 is 0. The molecule has 0 aliphatic carbocycles. The maximum Gasteiger partial charge on any atom is 0.132 e. The summed E-state index contributed by atoms with van der Waals surface area (Å²) in [5.74, 6) is 0.495. The predicted octanol–water partition coefficient (Wildman–Crippen LogP) is 12.7. The summed E-state index contributed by atoms with van der Waals surface area (Å²) in [6, 6.07) is 0. The first-order valence-electron chi connectivity index (χ1n) is 16.6. The third kappa shape index (κ3) is 32.4. The molecule has 0 radical (unpaired) electrons. The van der Waals surface area contributed by atoms with Gasteiger partial charge in [-0.3, -0.25) is 4.79 Å². The van der Waals surface area contributed by atoms with Crippen molar-refractivity contribution in [3.05, 3.63) is 60.8 Å². The maximum absolute atomic E-state index is 12.1. The summed E-state index contributed by atoms with van der Waals surface area (Å²) in [5.41, 5.74) is 0. The van der Waals surface area contributed by atoms with Crippen LogP contribution in [0, 0.1) is 0 Å². The third-order valence-electron chi connectivity index (χ3n) is 7.01. The molecule has 0 spiro atoms. The van der Waals surface area contributed by atoms with Crippen LogP contribution >= 0.6 is 0 Å². The summed E-state index contributed by atoms with van der Waals surface area (Å²) in [6.07, 6.45) is 51.6. The molecule has 1 heteroatoms. The Balaban J connectivity index is 3.31. The van der Waals surface area contributed by atoms with Gasteiger partial charge < -0.3 is 0 Å². The van der Waals surface area contributed by atoms with E-state index in [0.29, 0.717) is 5.78 Å². The monoisotopic (exact) mass is 524 g/mol. The van der Waals surface area contributed by atoms with E-state index in [2.05, 4.69) is 74.6 Å². The summed E-state index contributed by atoms with van der Waals surface area (Å²) in [6.45, 7) is 4.43. The molecule has 38 heavy (non-hydrogen) atoms. The highest BCUT2D eigenvalue weighted by Gasteiger charge is 2.02. The average molecular weight is 525 g/mol. The Morgan fingerprint density at radius 3 is 1.16 bits per heavy atom. The van der Waals surface area contributed by atoms with Crippen LogP contribution in [0.2, 0.25) is 0 Å². The van der Waals surface area contributed by atoms with Crippen LogP contribution in [0.4, 0.5) is 0 Å². The lowest BCUT2D eigenvalue weighted by atomic mass is 10.0. The van der Waals surface area contributed by atoms with Crippen LogP contribution in [-0.2, 0) is 4.79 Å². The highest BCUT2D eigenvalue weighted by molar-refractivity contribution is 5.78. The first-order valence-corrected chi connectivity index (χ1v) is 16.6. The van der Waals surface area contributed by atoms with Gasteiger partial charge in [-0.05, 0) is 77.0 Å². The van der Waals surface area contributed by atoms with E-state index in [1.165, 1.54) is 103 Å². The van der Waals surface area contributed by atoms with E-state index in [1.54, 1.807) is 0 Å². The predicted molar refractivity (Wildman–Crippen MR) is 173 cm³/mol. The van der Waals surface area contributed by atoms with Crippen LogP contribution in [0.3, 0.4) is 0 Å². The molecule has 0 aliphatic rings. The highest BCUT2D eigenvalue weighted by Crippen LogP contribution is 2.13. The molecule has 0 unspecified atom stereocenters. The number of hydrogen-bond donors (Lipinski definition) is 0. The molecule has 218 valence electrons. The Labute approximate surface area is 239 Å². The minimum absolute atomic E-state index is 0.495. The van der Waals surface area contributed by atoms with E-state index in [4.69, 9.17) is 0 Å². The average Bonchev–Trinajstić information content (AvgIpc) is 2.92. The molecule has 0 aromatic heterocycles. The van der Waals surface area contributed by atoms with Gasteiger partial charge in [-0.1, -0.05) is 139 Å². The van der Waals surface area contributed by atoms with Gasteiger partial charge in [0.1, 0.15) is 5.78 Å². The van der Waals surface area contributed by atoms with E-state index < -0.39 is 0 Å². The summed E-state index contributed by atoms with van der Waals surface area (Å²) < 4.78 is 0. The Morgan fingerprint density at radius 1 is 0.395 bits per heavy atom. The second-order valence-electron chi connectivity index (χ2n) is 10.8. The van der Waals surface area contributed by atoms with Gasteiger partial charge in [0.05, 0.1) is 0 Å². The number of Topliss-reactive ketones (excluding diaryl/α,β-unsaturated/α-hetero) is 1. The minimum atomic E-state index is 0.495. The van der Waals surface area contributed by atoms with E-state index in [-0.39, 0.29) is 0 Å². The molecule has 0 amide bonds. The highest BCUT2D eigenvalue weighted by atomic mass is 16.1. The zero-order valence-electron chi connectivity index (χ0n) is 25.7. The molecule has 0 heterocycles. The molecule has 0 saturated heterocycles. The van der Waals surface area contributed by atoms with E-state index in [1.807, 2.05) is 0 Å². The second kappa shape index (κ2) is 33.4. The Hall–Kier alpha value is -1.63. The van der Waals surface area contributed by atoms with Gasteiger partial charge in [0.15, 0.2) is 0 Å². The standard InChI is InChI=1S/C37H64O/c1-3-5-7-9-11-13-15-17-19-21-23-25-27-29-31-33-35-37(38)36-34-32-30-28-26-24-22-20-18-16-14-12-10-8-6-4-2/h5,7,11-14,17-20H,3-4,6,8-10,15-16,21-36H2,1-2H3. The van der Waals surface area contributed by atoms with Crippen molar-refractivity contribution in [1.82, 2.24) is 0 Å². The van der Waals surface area contributed by atoms with Gasteiger partial charge in [-0.25, -0.2) is 0 Å². The van der Waals surface area contributed by atoms with Crippen LogP contribution < -0.4 is 0 Å². The van der Waals surface area contributed by atoms with Crippen molar-refractivity contribution in [1.29, 1.82) is 0 Å². The SMILES string of the molecule is CCC=CCC=CCC=CCCCCCCCCC(=O)CCCCCCCCC=CCC=CCCCCC. The van der Waals surface area contributed by atoms with Crippen LogP contribution in [0.1, 0.15) is 168 Å². The summed E-state index contributed by atoms with van der Waals surface area (Å²) in [4.78, 5) is 12.1. The number of carbonyl (C=O) groups is 1. The Morgan fingerprint density at radius 2 is 0.737 bits per heavy atom. The maximum atomic E-state index is 12.1. The van der Waals surface area contributed by atoms with Gasteiger partial charge in [0, 0.05) is 12.8 Å². The molecule has 0 saturated carbocycles. The molecular formula is C37H64O. The molecule has 0 atom stereocenters. The lowest BCUT2D eigenvalue weighted by Crippen LogP contribution is -1.97. The molecule has 0 bridgehead atoms. The number of rotatable bonds is 29. The molecule has 0 rings (SSSR count). The Bertz CT molecular complexity index is 619. The van der Waals surface area contributed by atoms with Crippen LogP contribution in [0.25, 0.3) is 0 Å². The van der Waals surface area contributed by atoms with Crippen molar-refractivity contribution in [2.75, 3.05) is 0 Å². The van der Waals surface area contributed by atoms with Gasteiger partial charge in [-0.2, -0.15) is 0 Å². The van der Waals surface area contributed by atoms with Crippen LogP contribution in [0.15, 0.2) is 60.8 Å². The lowest BCUT2D eigenvalue weighted by Gasteiger charge is -2.03. The smallest absolute Gasteiger partial charge is 0.132 e. The van der Waals surface area contributed by atoms with Gasteiger partial charge in [-0.15, -0.1) is 0 Å². The number of allylic oxidation sites excluding steroid dienone is 10. The lowest BCUT2D eigenvalue weighted by molar-refractivity contribution is -0.119. The third-order valence-corrected chi connectivity index (χ3v) is 7.01. The van der Waals surface area contributed by atoms with E-state index in [9.17, 15) is 4.79 Å². The van der Waals surface area contributed by atoms with Crippen LogP contribution in [0.5, 0.6) is 0 Å². The van der Waals surface area contributed by atoms with Crippen LogP contribution in [-0.4, -0.2) is 5.78 Å². The first kappa shape index (κ1) is 36.4. The number of hydrogen-bond acceptors (Lipinski definition) is 1.